The van der Waals surface area contributed by atoms with Crippen LogP contribution < -0.4 is 5.32 Å². The van der Waals surface area contributed by atoms with Gasteiger partial charge in [0.1, 0.15) is 5.54 Å². The van der Waals surface area contributed by atoms with E-state index in [4.69, 9.17) is 9.47 Å². The van der Waals surface area contributed by atoms with Crippen LogP contribution in [0, 0.1) is 0 Å². The standard InChI is InChI=1S/C13H26N2O3/c1-6-17-12(16)13(3,14-4)9-15(5)11-7-8-18-10(11)2/h10-11,14H,6-9H2,1-5H3. The largest absolute Gasteiger partial charge is 0.465 e. The van der Waals surface area contributed by atoms with Crippen molar-refractivity contribution in [1.29, 1.82) is 0 Å². The van der Waals surface area contributed by atoms with Gasteiger partial charge in [0.15, 0.2) is 0 Å². The van der Waals surface area contributed by atoms with Crippen LogP contribution in [0.4, 0.5) is 0 Å². The first kappa shape index (κ1) is 15.4. The van der Waals surface area contributed by atoms with Crippen LogP contribution in [-0.4, -0.2) is 62.4 Å². The molecule has 0 bridgehead atoms. The molecular formula is C13H26N2O3. The van der Waals surface area contributed by atoms with Gasteiger partial charge in [0.2, 0.25) is 0 Å². The number of nitrogens with zero attached hydrogens (tertiary/aromatic N) is 1. The van der Waals surface area contributed by atoms with Crippen LogP contribution in [0.1, 0.15) is 27.2 Å². The highest BCUT2D eigenvalue weighted by Gasteiger charge is 2.38. The van der Waals surface area contributed by atoms with E-state index in [0.29, 0.717) is 19.2 Å². The lowest BCUT2D eigenvalue weighted by Crippen LogP contribution is -2.57. The molecular weight excluding hydrogens is 232 g/mol. The van der Waals surface area contributed by atoms with Crippen molar-refractivity contribution in [3.05, 3.63) is 0 Å². The van der Waals surface area contributed by atoms with E-state index in [-0.39, 0.29) is 12.1 Å². The summed E-state index contributed by atoms with van der Waals surface area (Å²) in [7, 11) is 3.82. The minimum absolute atomic E-state index is 0.203. The average Bonchev–Trinajstić information content (AvgIpc) is 2.75. The number of hydrogen-bond acceptors (Lipinski definition) is 5. The highest BCUT2D eigenvalue weighted by molar-refractivity contribution is 5.80. The van der Waals surface area contributed by atoms with Crippen molar-refractivity contribution in [2.75, 3.05) is 33.9 Å². The minimum atomic E-state index is -0.674. The number of nitrogens with one attached hydrogen (secondary N) is 1. The van der Waals surface area contributed by atoms with Gasteiger partial charge in [-0.2, -0.15) is 0 Å². The fraction of sp³-hybridized carbons (Fsp3) is 0.923. The quantitative estimate of drug-likeness (QED) is 0.708. The van der Waals surface area contributed by atoms with E-state index in [1.165, 1.54) is 0 Å². The molecule has 1 saturated heterocycles. The molecule has 106 valence electrons. The molecule has 1 fully saturated rings. The zero-order valence-electron chi connectivity index (χ0n) is 12.2. The first-order valence-electron chi connectivity index (χ1n) is 6.62. The van der Waals surface area contributed by atoms with Crippen LogP contribution in [0.2, 0.25) is 0 Å². The maximum absolute atomic E-state index is 12.0. The van der Waals surface area contributed by atoms with Gasteiger partial charge < -0.3 is 14.8 Å². The van der Waals surface area contributed by atoms with Gasteiger partial charge in [-0.1, -0.05) is 0 Å². The molecule has 0 amide bonds. The number of rotatable bonds is 6. The van der Waals surface area contributed by atoms with Crippen LogP contribution in [-0.2, 0) is 14.3 Å². The molecule has 1 aliphatic rings. The van der Waals surface area contributed by atoms with E-state index in [1.54, 1.807) is 7.05 Å². The van der Waals surface area contributed by atoms with Crippen molar-refractivity contribution in [3.63, 3.8) is 0 Å². The summed E-state index contributed by atoms with van der Waals surface area (Å²) in [5.74, 6) is -0.203. The Labute approximate surface area is 110 Å². The molecule has 0 saturated carbocycles. The Hall–Kier alpha value is -0.650. The van der Waals surface area contributed by atoms with Gasteiger partial charge in [-0.05, 0) is 41.3 Å². The highest BCUT2D eigenvalue weighted by atomic mass is 16.5. The summed E-state index contributed by atoms with van der Waals surface area (Å²) in [6, 6.07) is 0.368. The van der Waals surface area contributed by atoms with Crippen molar-refractivity contribution < 1.29 is 14.3 Å². The SMILES string of the molecule is CCOC(=O)C(C)(CN(C)C1CCOC1C)NC. The Kier molecular flexibility index (Phi) is 5.56. The highest BCUT2D eigenvalue weighted by Crippen LogP contribution is 2.20. The molecule has 0 spiro atoms. The van der Waals surface area contributed by atoms with Crippen molar-refractivity contribution >= 4 is 5.97 Å². The third-order valence-electron chi connectivity index (χ3n) is 3.75. The zero-order valence-corrected chi connectivity index (χ0v) is 12.2. The Morgan fingerprint density at radius 1 is 1.61 bits per heavy atom. The molecule has 1 rings (SSSR count). The molecule has 1 aliphatic heterocycles. The van der Waals surface area contributed by atoms with Crippen molar-refractivity contribution in [1.82, 2.24) is 10.2 Å². The van der Waals surface area contributed by atoms with E-state index in [9.17, 15) is 4.79 Å². The number of esters is 1. The molecule has 1 N–H and O–H groups in total. The van der Waals surface area contributed by atoms with E-state index in [0.717, 1.165) is 13.0 Å². The third-order valence-corrected chi connectivity index (χ3v) is 3.75. The molecule has 3 atom stereocenters. The van der Waals surface area contributed by atoms with Crippen molar-refractivity contribution in [3.8, 4) is 0 Å². The number of carbonyl (C=O) groups is 1. The minimum Gasteiger partial charge on any atom is -0.465 e. The Morgan fingerprint density at radius 2 is 2.28 bits per heavy atom. The number of hydrogen-bond donors (Lipinski definition) is 1. The van der Waals surface area contributed by atoms with Crippen molar-refractivity contribution in [2.45, 2.75) is 44.9 Å². The van der Waals surface area contributed by atoms with Gasteiger partial charge in [0, 0.05) is 19.2 Å². The number of likely N-dealkylation sites (N-methyl/N-ethyl adjacent to an activating group) is 2. The fourth-order valence-corrected chi connectivity index (χ4v) is 2.45. The lowest BCUT2D eigenvalue weighted by atomic mass is 10.00. The van der Waals surface area contributed by atoms with Crippen LogP contribution in [0.5, 0.6) is 0 Å². The zero-order chi connectivity index (χ0) is 13.8. The average molecular weight is 258 g/mol. The molecule has 0 aromatic rings. The molecule has 5 nitrogen and oxygen atoms in total. The van der Waals surface area contributed by atoms with Gasteiger partial charge in [-0.3, -0.25) is 9.69 Å². The maximum atomic E-state index is 12.0. The molecule has 0 aromatic heterocycles. The van der Waals surface area contributed by atoms with Gasteiger partial charge in [-0.15, -0.1) is 0 Å². The predicted octanol–water partition coefficient (Wildman–Crippen LogP) is 0.637. The van der Waals surface area contributed by atoms with Crippen LogP contribution >= 0.6 is 0 Å². The summed E-state index contributed by atoms with van der Waals surface area (Å²) >= 11 is 0. The lowest BCUT2D eigenvalue weighted by molar-refractivity contribution is -0.151. The summed E-state index contributed by atoms with van der Waals surface area (Å²) in [4.78, 5) is 14.2. The second-order valence-electron chi connectivity index (χ2n) is 5.15. The summed E-state index contributed by atoms with van der Waals surface area (Å²) < 4.78 is 10.7. The first-order valence-corrected chi connectivity index (χ1v) is 6.62. The molecule has 0 aliphatic carbocycles. The summed E-state index contributed by atoms with van der Waals surface area (Å²) in [5.41, 5.74) is -0.674. The van der Waals surface area contributed by atoms with E-state index in [1.807, 2.05) is 20.9 Å². The molecule has 18 heavy (non-hydrogen) atoms. The molecule has 1 heterocycles. The summed E-state index contributed by atoms with van der Waals surface area (Å²) in [6.07, 6.45) is 1.23. The topological polar surface area (TPSA) is 50.8 Å². The van der Waals surface area contributed by atoms with Gasteiger partial charge in [0.25, 0.3) is 0 Å². The molecule has 5 heteroatoms. The van der Waals surface area contributed by atoms with Gasteiger partial charge in [-0.25, -0.2) is 0 Å². The first-order chi connectivity index (χ1) is 8.44. The third kappa shape index (κ3) is 3.43. The number of carbonyl (C=O) groups excluding carboxylic acids is 1. The normalized spacial score (nSPS) is 27.2. The number of ether oxygens (including phenoxy) is 2. The monoisotopic (exact) mass is 258 g/mol. The maximum Gasteiger partial charge on any atom is 0.327 e. The summed E-state index contributed by atoms with van der Waals surface area (Å²) in [6.45, 7) is 7.59. The second-order valence-corrected chi connectivity index (χ2v) is 5.15. The van der Waals surface area contributed by atoms with Crippen LogP contribution in [0.25, 0.3) is 0 Å². The van der Waals surface area contributed by atoms with E-state index >= 15 is 0 Å². The van der Waals surface area contributed by atoms with E-state index < -0.39 is 5.54 Å². The van der Waals surface area contributed by atoms with Crippen molar-refractivity contribution in [2.24, 2.45) is 0 Å². The summed E-state index contributed by atoms with van der Waals surface area (Å²) in [5, 5.41) is 3.08. The Morgan fingerprint density at radius 3 is 2.72 bits per heavy atom. The smallest absolute Gasteiger partial charge is 0.327 e. The Balaban J connectivity index is 2.63. The van der Waals surface area contributed by atoms with E-state index in [2.05, 4.69) is 17.1 Å². The van der Waals surface area contributed by atoms with Crippen LogP contribution in [0.3, 0.4) is 0 Å². The van der Waals surface area contributed by atoms with Gasteiger partial charge in [0.05, 0.1) is 12.7 Å². The molecule has 0 aromatic carbocycles. The second kappa shape index (κ2) is 6.50. The fourth-order valence-electron chi connectivity index (χ4n) is 2.45. The molecule has 0 radical (unpaired) electrons. The predicted molar refractivity (Wildman–Crippen MR) is 70.5 cm³/mol. The Bertz CT molecular complexity index is 285. The van der Waals surface area contributed by atoms with Crippen LogP contribution in [0.15, 0.2) is 0 Å². The molecule has 3 unspecified atom stereocenters. The van der Waals surface area contributed by atoms with Gasteiger partial charge >= 0.3 is 5.97 Å². The lowest BCUT2D eigenvalue weighted by Gasteiger charge is -2.35.